The first-order valence-corrected chi connectivity index (χ1v) is 10.7. The average molecular weight is 468 g/mol. The van der Waals surface area contributed by atoms with Crippen LogP contribution < -0.4 is 9.64 Å². The number of carbonyl (C=O) groups excluding carboxylic acids is 2. The molecule has 1 amide bonds. The van der Waals surface area contributed by atoms with Crippen molar-refractivity contribution in [2.24, 2.45) is 0 Å². The quantitative estimate of drug-likeness (QED) is 0.301. The van der Waals surface area contributed by atoms with Crippen LogP contribution in [0.3, 0.4) is 0 Å². The van der Waals surface area contributed by atoms with Gasteiger partial charge in [-0.25, -0.2) is 0 Å². The molecule has 1 fully saturated rings. The van der Waals surface area contributed by atoms with E-state index >= 15 is 0 Å². The molecule has 1 atom stereocenters. The lowest BCUT2D eigenvalue weighted by atomic mass is 9.99. The molecule has 1 aromatic heterocycles. The Morgan fingerprint density at radius 2 is 1.88 bits per heavy atom. The number of phenolic OH excluding ortho intramolecular Hbond substituents is 1. The molecule has 1 aliphatic rings. The Bertz CT molecular complexity index is 1290. The molecule has 2 heterocycles. The number of hydrogen-bond acceptors (Lipinski definition) is 6. The minimum absolute atomic E-state index is 0.129. The lowest BCUT2D eigenvalue weighted by molar-refractivity contribution is -0.132. The molecule has 33 heavy (non-hydrogen) atoms. The monoisotopic (exact) mass is 467 g/mol. The lowest BCUT2D eigenvalue weighted by Crippen LogP contribution is -2.29. The summed E-state index contributed by atoms with van der Waals surface area (Å²) < 4.78 is 11.3. The van der Waals surface area contributed by atoms with Crippen LogP contribution in [0.15, 0.2) is 58.5 Å². The summed E-state index contributed by atoms with van der Waals surface area (Å²) in [6, 6.07) is 11.6. The number of ether oxygens (including phenoxy) is 1. The van der Waals surface area contributed by atoms with E-state index in [-0.39, 0.29) is 33.4 Å². The zero-order chi connectivity index (χ0) is 23.9. The summed E-state index contributed by atoms with van der Waals surface area (Å²) in [6.07, 6.45) is 0. The first-order valence-electron chi connectivity index (χ1n) is 10.3. The number of ketones is 1. The standard InChI is InChI=1S/C25H22ClNO6/c1-4-32-15-7-8-17(26)16(12-15)23(29)21-22(20-10-6-14(3)33-20)27(25(31)24(21)30)18-11-13(2)5-9-19(18)28/h5-12,22,28-29H,4H2,1-3H3/b23-21+. The number of Topliss-reactive ketones (excluding diaryl/α,β-unsaturated/α-hetero) is 1. The number of aromatic hydroxyl groups is 1. The van der Waals surface area contributed by atoms with E-state index < -0.39 is 23.5 Å². The number of hydrogen-bond donors (Lipinski definition) is 2. The summed E-state index contributed by atoms with van der Waals surface area (Å²) in [7, 11) is 0. The van der Waals surface area contributed by atoms with Crippen LogP contribution in [0.1, 0.15) is 35.6 Å². The van der Waals surface area contributed by atoms with Gasteiger partial charge < -0.3 is 19.4 Å². The Balaban J connectivity index is 1.97. The zero-order valence-electron chi connectivity index (χ0n) is 18.3. The van der Waals surface area contributed by atoms with Crippen LogP contribution in [0.25, 0.3) is 5.76 Å². The summed E-state index contributed by atoms with van der Waals surface area (Å²) in [5, 5.41) is 21.9. The number of aliphatic hydroxyl groups is 1. The van der Waals surface area contributed by atoms with Crippen molar-refractivity contribution in [1.29, 1.82) is 0 Å². The van der Waals surface area contributed by atoms with Gasteiger partial charge in [-0.2, -0.15) is 0 Å². The Morgan fingerprint density at radius 1 is 1.12 bits per heavy atom. The van der Waals surface area contributed by atoms with Gasteiger partial charge in [0.1, 0.15) is 34.8 Å². The molecule has 170 valence electrons. The molecule has 0 spiro atoms. The van der Waals surface area contributed by atoms with Crippen molar-refractivity contribution >= 4 is 34.7 Å². The number of benzene rings is 2. The van der Waals surface area contributed by atoms with Gasteiger partial charge in [0.25, 0.3) is 11.7 Å². The van der Waals surface area contributed by atoms with Crippen LogP contribution in [-0.2, 0) is 9.59 Å². The molecule has 1 aliphatic heterocycles. The maximum absolute atomic E-state index is 13.2. The Morgan fingerprint density at radius 3 is 2.55 bits per heavy atom. The molecule has 1 saturated heterocycles. The highest BCUT2D eigenvalue weighted by molar-refractivity contribution is 6.52. The molecule has 2 N–H and O–H groups in total. The van der Waals surface area contributed by atoms with E-state index in [1.54, 1.807) is 44.2 Å². The first-order chi connectivity index (χ1) is 15.7. The summed E-state index contributed by atoms with van der Waals surface area (Å²) in [6.45, 7) is 5.73. The van der Waals surface area contributed by atoms with Crippen molar-refractivity contribution in [3.8, 4) is 11.5 Å². The smallest absolute Gasteiger partial charge is 0.300 e. The molecule has 4 rings (SSSR count). The average Bonchev–Trinajstić information content (AvgIpc) is 3.32. The van der Waals surface area contributed by atoms with Crippen LogP contribution in [0, 0.1) is 13.8 Å². The summed E-state index contributed by atoms with van der Waals surface area (Å²) >= 11 is 6.33. The summed E-state index contributed by atoms with van der Waals surface area (Å²) in [4.78, 5) is 27.5. The van der Waals surface area contributed by atoms with E-state index in [2.05, 4.69) is 0 Å². The molecule has 0 saturated carbocycles. The van der Waals surface area contributed by atoms with E-state index in [9.17, 15) is 19.8 Å². The maximum atomic E-state index is 13.2. The number of aliphatic hydroxyl groups excluding tert-OH is 1. The number of carbonyl (C=O) groups is 2. The molecule has 2 aromatic carbocycles. The van der Waals surface area contributed by atoms with Gasteiger partial charge in [-0.15, -0.1) is 0 Å². The highest BCUT2D eigenvalue weighted by Crippen LogP contribution is 2.46. The normalized spacial score (nSPS) is 17.6. The van der Waals surface area contributed by atoms with E-state index in [1.807, 2.05) is 6.92 Å². The van der Waals surface area contributed by atoms with Crippen molar-refractivity contribution < 1.29 is 29.0 Å². The summed E-state index contributed by atoms with van der Waals surface area (Å²) in [5.74, 6) is -1.23. The van der Waals surface area contributed by atoms with E-state index in [1.165, 1.54) is 18.2 Å². The minimum Gasteiger partial charge on any atom is -0.507 e. The number of furan rings is 1. The predicted octanol–water partition coefficient (Wildman–Crippen LogP) is 5.28. The molecule has 0 aliphatic carbocycles. The largest absolute Gasteiger partial charge is 0.507 e. The third kappa shape index (κ3) is 3.96. The van der Waals surface area contributed by atoms with Crippen LogP contribution in [-0.4, -0.2) is 28.5 Å². The number of halogens is 1. The molecular formula is C25H22ClNO6. The second kappa shape index (κ2) is 8.67. The van der Waals surface area contributed by atoms with Crippen LogP contribution in [0.5, 0.6) is 11.5 Å². The molecule has 7 nitrogen and oxygen atoms in total. The number of rotatable bonds is 5. The SMILES string of the molecule is CCOc1ccc(Cl)c(/C(O)=C2\C(=O)C(=O)N(c3cc(C)ccc3O)C2c2ccc(C)o2)c1. The van der Waals surface area contributed by atoms with Gasteiger partial charge in [0, 0.05) is 5.56 Å². The Hall–Kier alpha value is -3.71. The molecule has 8 heteroatoms. The highest BCUT2D eigenvalue weighted by atomic mass is 35.5. The number of aryl methyl sites for hydroxylation is 2. The van der Waals surface area contributed by atoms with Gasteiger partial charge in [-0.05, 0) is 68.8 Å². The fourth-order valence-corrected chi connectivity index (χ4v) is 4.07. The lowest BCUT2D eigenvalue weighted by Gasteiger charge is -2.24. The van der Waals surface area contributed by atoms with Crippen LogP contribution >= 0.6 is 11.6 Å². The fourth-order valence-electron chi connectivity index (χ4n) is 3.86. The number of nitrogens with zero attached hydrogens (tertiary/aromatic N) is 1. The Labute approximate surface area is 195 Å². The van der Waals surface area contributed by atoms with Gasteiger partial charge in [0.05, 0.1) is 22.9 Å². The summed E-state index contributed by atoms with van der Waals surface area (Å²) in [5.41, 5.74) is 0.837. The third-order valence-corrected chi connectivity index (χ3v) is 5.70. The second-order valence-corrected chi connectivity index (χ2v) is 8.09. The first kappa shape index (κ1) is 22.5. The maximum Gasteiger partial charge on any atom is 0.300 e. The highest BCUT2D eigenvalue weighted by Gasteiger charge is 2.49. The molecular weight excluding hydrogens is 446 g/mol. The van der Waals surface area contributed by atoms with Gasteiger partial charge in [-0.3, -0.25) is 14.5 Å². The van der Waals surface area contributed by atoms with Crippen LogP contribution in [0.2, 0.25) is 5.02 Å². The van der Waals surface area contributed by atoms with Gasteiger partial charge in [0.2, 0.25) is 0 Å². The van der Waals surface area contributed by atoms with E-state index in [0.717, 1.165) is 10.5 Å². The number of phenols is 1. The molecule has 1 unspecified atom stereocenters. The van der Waals surface area contributed by atoms with Gasteiger partial charge >= 0.3 is 0 Å². The predicted molar refractivity (Wildman–Crippen MR) is 124 cm³/mol. The minimum atomic E-state index is -1.11. The third-order valence-electron chi connectivity index (χ3n) is 5.37. The van der Waals surface area contributed by atoms with Crippen molar-refractivity contribution in [3.63, 3.8) is 0 Å². The van der Waals surface area contributed by atoms with Crippen molar-refractivity contribution in [2.45, 2.75) is 26.8 Å². The molecule has 0 bridgehead atoms. The van der Waals surface area contributed by atoms with Crippen molar-refractivity contribution in [3.05, 3.63) is 81.8 Å². The van der Waals surface area contributed by atoms with Crippen molar-refractivity contribution in [1.82, 2.24) is 0 Å². The van der Waals surface area contributed by atoms with Gasteiger partial charge in [-0.1, -0.05) is 17.7 Å². The second-order valence-electron chi connectivity index (χ2n) is 7.68. The zero-order valence-corrected chi connectivity index (χ0v) is 19.0. The Kier molecular flexibility index (Phi) is 5.91. The topological polar surface area (TPSA) is 100 Å². The van der Waals surface area contributed by atoms with Gasteiger partial charge in [0.15, 0.2) is 0 Å². The van der Waals surface area contributed by atoms with Crippen molar-refractivity contribution in [2.75, 3.05) is 11.5 Å². The molecule has 3 aromatic rings. The van der Waals surface area contributed by atoms with E-state index in [4.69, 9.17) is 20.8 Å². The van der Waals surface area contributed by atoms with E-state index in [0.29, 0.717) is 18.1 Å². The van der Waals surface area contributed by atoms with Crippen LogP contribution in [0.4, 0.5) is 5.69 Å². The number of anilines is 1. The molecule has 0 radical (unpaired) electrons. The fraction of sp³-hybridized carbons (Fsp3) is 0.200. The number of amides is 1.